The Balaban J connectivity index is 1.70. The van der Waals surface area contributed by atoms with Gasteiger partial charge < -0.3 is 10.4 Å². The summed E-state index contributed by atoms with van der Waals surface area (Å²) >= 11 is 6.03. The minimum absolute atomic E-state index is 0.191. The van der Waals surface area contributed by atoms with Gasteiger partial charge in [-0.2, -0.15) is 0 Å². The van der Waals surface area contributed by atoms with Gasteiger partial charge in [0.25, 0.3) is 0 Å². The molecule has 0 saturated heterocycles. The van der Waals surface area contributed by atoms with Crippen molar-refractivity contribution in [3.8, 4) is 0 Å². The summed E-state index contributed by atoms with van der Waals surface area (Å²) in [6.07, 6.45) is 3.96. The number of rotatable bonds is 5. The van der Waals surface area contributed by atoms with Crippen LogP contribution in [0.2, 0.25) is 5.02 Å². The first-order valence-corrected chi connectivity index (χ1v) is 8.75. The third-order valence-electron chi connectivity index (χ3n) is 4.30. The van der Waals surface area contributed by atoms with E-state index in [2.05, 4.69) is 20.3 Å². The lowest BCUT2D eigenvalue weighted by molar-refractivity contribution is 0.0697. The van der Waals surface area contributed by atoms with E-state index < -0.39 is 5.97 Å². The van der Waals surface area contributed by atoms with Gasteiger partial charge in [0.05, 0.1) is 11.1 Å². The summed E-state index contributed by atoms with van der Waals surface area (Å²) < 4.78 is 0. The number of anilines is 1. The molecule has 134 valence electrons. The first kappa shape index (κ1) is 17.2. The zero-order valence-corrected chi connectivity index (χ0v) is 14.9. The second-order valence-corrected chi connectivity index (χ2v) is 6.53. The summed E-state index contributed by atoms with van der Waals surface area (Å²) in [4.78, 5) is 24.3. The van der Waals surface area contributed by atoms with Crippen molar-refractivity contribution in [1.29, 1.82) is 0 Å². The van der Waals surface area contributed by atoms with Gasteiger partial charge in [0.1, 0.15) is 11.8 Å². The summed E-state index contributed by atoms with van der Waals surface area (Å²) in [6, 6.07) is 12.6. The maximum atomic E-state index is 11.3. The summed E-state index contributed by atoms with van der Waals surface area (Å²) in [5.41, 5.74) is 2.59. The Morgan fingerprint density at radius 1 is 1.15 bits per heavy atom. The van der Waals surface area contributed by atoms with Gasteiger partial charge in [-0.25, -0.2) is 19.7 Å². The minimum atomic E-state index is -0.987. The van der Waals surface area contributed by atoms with E-state index in [1.165, 1.54) is 6.33 Å². The topological polar surface area (TPSA) is 88.0 Å². The third-order valence-corrected chi connectivity index (χ3v) is 4.53. The summed E-state index contributed by atoms with van der Waals surface area (Å²) in [5.74, 6) is -0.386. The minimum Gasteiger partial charge on any atom is -0.478 e. The van der Waals surface area contributed by atoms with Crippen LogP contribution in [0.3, 0.4) is 0 Å². The molecular formula is C20H15ClN4O2. The van der Waals surface area contributed by atoms with E-state index in [0.29, 0.717) is 28.4 Å². The molecule has 4 rings (SSSR count). The molecule has 0 atom stereocenters. The van der Waals surface area contributed by atoms with E-state index >= 15 is 0 Å². The third kappa shape index (κ3) is 3.52. The Hall–Kier alpha value is -3.25. The average molecular weight is 379 g/mol. The number of carboxylic acid groups (broad SMARTS) is 1. The van der Waals surface area contributed by atoms with Crippen LogP contribution in [0.4, 0.5) is 5.82 Å². The normalized spacial score (nSPS) is 11.0. The number of nitrogens with zero attached hydrogens (tertiary/aromatic N) is 3. The average Bonchev–Trinajstić information content (AvgIpc) is 2.67. The maximum absolute atomic E-state index is 11.3. The van der Waals surface area contributed by atoms with E-state index in [9.17, 15) is 9.90 Å². The SMILES string of the molecule is O=C(O)c1ccc2c(c1)nc(NCCc1cccc(Cl)c1)c1ncncc12. The molecule has 2 N–H and O–H groups in total. The number of halogens is 1. The number of benzene rings is 2. The van der Waals surface area contributed by atoms with Crippen molar-refractivity contribution in [2.24, 2.45) is 0 Å². The molecule has 2 aromatic carbocycles. The highest BCUT2D eigenvalue weighted by Crippen LogP contribution is 2.28. The smallest absolute Gasteiger partial charge is 0.335 e. The Morgan fingerprint density at radius 2 is 2.04 bits per heavy atom. The fourth-order valence-corrected chi connectivity index (χ4v) is 3.23. The Kier molecular flexibility index (Phi) is 4.56. The standard InChI is InChI=1S/C20H15ClN4O2/c21-14-3-1-2-12(8-14)6-7-23-19-18-16(10-22-11-24-18)15-5-4-13(20(26)27)9-17(15)25-19/h1-5,8-11H,6-7H2,(H,23,25)(H,26,27). The lowest BCUT2D eigenvalue weighted by Gasteiger charge is -2.11. The van der Waals surface area contributed by atoms with Gasteiger partial charge in [-0.05, 0) is 36.2 Å². The largest absolute Gasteiger partial charge is 0.478 e. The fourth-order valence-electron chi connectivity index (χ4n) is 3.01. The van der Waals surface area contributed by atoms with Gasteiger partial charge >= 0.3 is 5.97 Å². The van der Waals surface area contributed by atoms with Crippen LogP contribution in [0.15, 0.2) is 55.0 Å². The lowest BCUT2D eigenvalue weighted by atomic mass is 10.1. The highest BCUT2D eigenvalue weighted by Gasteiger charge is 2.12. The van der Waals surface area contributed by atoms with Crippen LogP contribution in [0.1, 0.15) is 15.9 Å². The molecule has 7 heteroatoms. The van der Waals surface area contributed by atoms with Crippen molar-refractivity contribution in [3.63, 3.8) is 0 Å². The molecule has 0 aliphatic heterocycles. The first-order valence-electron chi connectivity index (χ1n) is 8.37. The zero-order chi connectivity index (χ0) is 18.8. The number of pyridine rings is 1. The van der Waals surface area contributed by atoms with Gasteiger partial charge in [-0.15, -0.1) is 0 Å². The van der Waals surface area contributed by atoms with Crippen molar-refractivity contribution < 1.29 is 9.90 Å². The van der Waals surface area contributed by atoms with Crippen molar-refractivity contribution in [2.75, 3.05) is 11.9 Å². The Morgan fingerprint density at radius 3 is 2.85 bits per heavy atom. The predicted molar refractivity (Wildman–Crippen MR) is 105 cm³/mol. The summed E-state index contributed by atoms with van der Waals surface area (Å²) in [6.45, 7) is 0.635. The molecule has 0 spiro atoms. The molecule has 2 aromatic heterocycles. The second-order valence-electron chi connectivity index (χ2n) is 6.09. The maximum Gasteiger partial charge on any atom is 0.335 e. The van der Waals surface area contributed by atoms with Gasteiger partial charge in [0.15, 0.2) is 5.82 Å². The van der Waals surface area contributed by atoms with E-state index in [4.69, 9.17) is 11.6 Å². The van der Waals surface area contributed by atoms with Crippen LogP contribution in [0.25, 0.3) is 21.8 Å². The summed E-state index contributed by atoms with van der Waals surface area (Å²) in [7, 11) is 0. The number of carboxylic acids is 1. The lowest BCUT2D eigenvalue weighted by Crippen LogP contribution is -2.08. The number of fused-ring (bicyclic) bond motifs is 3. The number of aromatic nitrogens is 3. The molecule has 2 heterocycles. The first-order chi connectivity index (χ1) is 13.1. The molecule has 4 aromatic rings. The van der Waals surface area contributed by atoms with E-state index in [1.54, 1.807) is 24.4 Å². The molecule has 0 unspecified atom stereocenters. The number of carbonyl (C=O) groups is 1. The van der Waals surface area contributed by atoms with E-state index in [-0.39, 0.29) is 5.56 Å². The van der Waals surface area contributed by atoms with Crippen molar-refractivity contribution in [2.45, 2.75) is 6.42 Å². The van der Waals surface area contributed by atoms with Crippen LogP contribution < -0.4 is 5.32 Å². The summed E-state index contributed by atoms with van der Waals surface area (Å²) in [5, 5.41) is 14.9. The molecule has 27 heavy (non-hydrogen) atoms. The Bertz CT molecular complexity index is 1160. The molecule has 0 saturated carbocycles. The van der Waals surface area contributed by atoms with Crippen molar-refractivity contribution >= 4 is 45.2 Å². The van der Waals surface area contributed by atoms with Crippen LogP contribution in [0.5, 0.6) is 0 Å². The molecular weight excluding hydrogens is 364 g/mol. The molecule has 6 nitrogen and oxygen atoms in total. The predicted octanol–water partition coefficient (Wildman–Crippen LogP) is 4.18. The highest BCUT2D eigenvalue weighted by molar-refractivity contribution is 6.30. The molecule has 0 aliphatic rings. The van der Waals surface area contributed by atoms with Crippen LogP contribution in [0, 0.1) is 0 Å². The molecule has 0 aliphatic carbocycles. The van der Waals surface area contributed by atoms with Crippen molar-refractivity contribution in [3.05, 3.63) is 71.1 Å². The number of aromatic carboxylic acids is 1. The monoisotopic (exact) mass is 378 g/mol. The van der Waals surface area contributed by atoms with Gasteiger partial charge in [0.2, 0.25) is 0 Å². The van der Waals surface area contributed by atoms with Crippen LogP contribution in [-0.4, -0.2) is 32.6 Å². The molecule has 0 amide bonds. The van der Waals surface area contributed by atoms with Crippen LogP contribution in [-0.2, 0) is 6.42 Å². The highest BCUT2D eigenvalue weighted by atomic mass is 35.5. The van der Waals surface area contributed by atoms with Gasteiger partial charge in [-0.3, -0.25) is 0 Å². The zero-order valence-electron chi connectivity index (χ0n) is 14.2. The molecule has 0 bridgehead atoms. The van der Waals surface area contributed by atoms with E-state index in [0.717, 1.165) is 22.8 Å². The number of nitrogens with one attached hydrogen (secondary N) is 1. The fraction of sp³-hybridized carbons (Fsp3) is 0.100. The number of hydrogen-bond acceptors (Lipinski definition) is 5. The van der Waals surface area contributed by atoms with E-state index in [1.807, 2.05) is 24.3 Å². The van der Waals surface area contributed by atoms with Gasteiger partial charge in [0, 0.05) is 28.5 Å². The molecule has 0 radical (unpaired) electrons. The Labute approximate surface area is 159 Å². The number of hydrogen-bond donors (Lipinski definition) is 2. The van der Waals surface area contributed by atoms with Crippen LogP contribution >= 0.6 is 11.6 Å². The second kappa shape index (κ2) is 7.17. The quantitative estimate of drug-likeness (QED) is 0.506. The van der Waals surface area contributed by atoms with Gasteiger partial charge in [-0.1, -0.05) is 29.8 Å². The van der Waals surface area contributed by atoms with Crippen molar-refractivity contribution in [1.82, 2.24) is 15.0 Å². The molecule has 0 fully saturated rings.